The van der Waals surface area contributed by atoms with E-state index in [0.717, 1.165) is 25.7 Å². The van der Waals surface area contributed by atoms with Crippen LogP contribution in [0.15, 0.2) is 0 Å². The van der Waals surface area contributed by atoms with E-state index in [2.05, 4.69) is 33.8 Å². The fourth-order valence-electron chi connectivity index (χ4n) is 2.03. The Morgan fingerprint density at radius 1 is 0.950 bits per heavy atom. The Morgan fingerprint density at radius 2 is 1.50 bits per heavy atom. The quantitative estimate of drug-likeness (QED) is 0.428. The third kappa shape index (κ3) is 17.9. The van der Waals surface area contributed by atoms with Crippen LogP contribution in [0.3, 0.4) is 0 Å². The SMILES string of the molecule is CCCCC(CC)C(=O)O.CCCCCC[PH](C)(C)C. The van der Waals surface area contributed by atoms with E-state index in [4.69, 9.17) is 5.11 Å². The molecule has 0 radical (unpaired) electrons. The first-order chi connectivity index (χ1) is 9.28. The van der Waals surface area contributed by atoms with E-state index in [9.17, 15) is 4.79 Å². The Balaban J connectivity index is 0. The van der Waals surface area contributed by atoms with Crippen molar-refractivity contribution in [2.75, 3.05) is 26.2 Å². The number of hydrogen-bond donors (Lipinski definition) is 1. The van der Waals surface area contributed by atoms with E-state index < -0.39 is 13.2 Å². The van der Waals surface area contributed by atoms with Gasteiger partial charge in [0.1, 0.15) is 0 Å². The summed E-state index contributed by atoms with van der Waals surface area (Å²) in [4.78, 5) is 10.4. The Labute approximate surface area is 128 Å². The molecular formula is C17H39O2P. The van der Waals surface area contributed by atoms with Gasteiger partial charge in [0, 0.05) is 0 Å². The molecule has 0 saturated carbocycles. The number of aliphatic carboxylic acids is 1. The number of carbonyl (C=O) groups is 1. The molecule has 20 heavy (non-hydrogen) atoms. The van der Waals surface area contributed by atoms with Crippen LogP contribution in [0.2, 0.25) is 0 Å². The van der Waals surface area contributed by atoms with E-state index in [1.165, 1.54) is 31.8 Å². The molecule has 0 aromatic rings. The zero-order valence-electron chi connectivity index (χ0n) is 14.8. The molecule has 0 aromatic carbocycles. The summed E-state index contributed by atoms with van der Waals surface area (Å²) >= 11 is 0. The average Bonchev–Trinajstić information content (AvgIpc) is 2.35. The first kappa shape index (κ1) is 22.2. The molecule has 1 N–H and O–H groups in total. The summed E-state index contributed by atoms with van der Waals surface area (Å²) in [6.45, 7) is 13.6. The van der Waals surface area contributed by atoms with Gasteiger partial charge in [0.2, 0.25) is 0 Å². The predicted octanol–water partition coefficient (Wildman–Crippen LogP) is 5.49. The van der Waals surface area contributed by atoms with Crippen LogP contribution in [-0.2, 0) is 4.79 Å². The van der Waals surface area contributed by atoms with Crippen LogP contribution in [0.25, 0.3) is 0 Å². The van der Waals surface area contributed by atoms with Crippen LogP contribution in [-0.4, -0.2) is 37.2 Å². The molecule has 0 rings (SSSR count). The molecule has 0 aliphatic rings. The van der Waals surface area contributed by atoms with Crippen molar-refractivity contribution in [1.82, 2.24) is 0 Å². The molecule has 0 aliphatic carbocycles. The van der Waals surface area contributed by atoms with Crippen molar-refractivity contribution in [1.29, 1.82) is 0 Å². The first-order valence-corrected chi connectivity index (χ1v) is 12.2. The molecule has 3 heteroatoms. The van der Waals surface area contributed by atoms with Crippen molar-refractivity contribution >= 4 is 13.2 Å². The minimum atomic E-state index is -0.707. The summed E-state index contributed by atoms with van der Waals surface area (Å²) in [5.41, 5.74) is 0. The maximum absolute atomic E-state index is 10.4. The predicted molar refractivity (Wildman–Crippen MR) is 96.0 cm³/mol. The summed E-state index contributed by atoms with van der Waals surface area (Å²) in [6.07, 6.45) is 11.0. The number of rotatable bonds is 10. The second-order valence-corrected chi connectivity index (χ2v) is 12.6. The summed E-state index contributed by atoms with van der Waals surface area (Å²) in [5, 5.41) is 8.60. The van der Waals surface area contributed by atoms with Crippen LogP contribution in [0.5, 0.6) is 0 Å². The van der Waals surface area contributed by atoms with Gasteiger partial charge < -0.3 is 5.11 Å². The van der Waals surface area contributed by atoms with Crippen LogP contribution in [0.4, 0.5) is 0 Å². The van der Waals surface area contributed by atoms with Crippen molar-refractivity contribution in [3.8, 4) is 0 Å². The summed E-state index contributed by atoms with van der Waals surface area (Å²) < 4.78 is 0. The van der Waals surface area contributed by atoms with Gasteiger partial charge in [-0.2, -0.15) is 0 Å². The number of hydrogen-bond acceptors (Lipinski definition) is 1. The monoisotopic (exact) mass is 306 g/mol. The van der Waals surface area contributed by atoms with Gasteiger partial charge in [0.15, 0.2) is 0 Å². The van der Waals surface area contributed by atoms with E-state index in [0.29, 0.717) is 0 Å². The molecule has 2 nitrogen and oxygen atoms in total. The van der Waals surface area contributed by atoms with Gasteiger partial charge in [-0.15, -0.1) is 0 Å². The van der Waals surface area contributed by atoms with Gasteiger partial charge in [0.05, 0.1) is 5.92 Å². The van der Waals surface area contributed by atoms with E-state index in [1.807, 2.05) is 6.92 Å². The second-order valence-electron chi connectivity index (χ2n) is 6.96. The van der Waals surface area contributed by atoms with Gasteiger partial charge in [-0.1, -0.05) is 26.7 Å². The molecule has 0 aliphatic heterocycles. The Hall–Kier alpha value is -0.100. The van der Waals surface area contributed by atoms with Crippen LogP contribution < -0.4 is 0 Å². The van der Waals surface area contributed by atoms with Crippen LogP contribution >= 0.6 is 7.26 Å². The topological polar surface area (TPSA) is 37.3 Å². The standard InChI is InChI=1S/C9H23P.C8H16O2/c1-5-6-7-8-9-10(2,3)4;1-3-5-6-7(4-2)8(9)10/h10H,5-9H2,1-4H3;7H,3-6H2,1-2H3,(H,9,10). The molecule has 0 spiro atoms. The second kappa shape index (κ2) is 13.9. The Bertz CT molecular complexity index is 222. The molecule has 1 atom stereocenters. The molecule has 0 fully saturated rings. The number of unbranched alkanes of at least 4 members (excludes halogenated alkanes) is 4. The summed E-state index contributed by atoms with van der Waals surface area (Å²) in [5.74, 6) is -0.754. The Kier molecular flexibility index (Phi) is 15.4. The van der Waals surface area contributed by atoms with Crippen molar-refractivity contribution in [2.45, 2.75) is 72.1 Å². The zero-order chi connectivity index (χ0) is 16.0. The molecule has 0 amide bonds. The molecule has 0 bridgehead atoms. The maximum atomic E-state index is 10.4. The number of carboxylic acids is 1. The van der Waals surface area contributed by atoms with Crippen molar-refractivity contribution in [3.63, 3.8) is 0 Å². The summed E-state index contributed by atoms with van der Waals surface area (Å²) in [6, 6.07) is 0. The normalized spacial score (nSPS) is 13.3. The van der Waals surface area contributed by atoms with E-state index >= 15 is 0 Å². The number of carboxylic acid groups (broad SMARTS) is 1. The molecule has 124 valence electrons. The fourth-order valence-corrected chi connectivity index (χ4v) is 3.35. The fraction of sp³-hybridized carbons (Fsp3) is 0.941. The van der Waals surface area contributed by atoms with Crippen molar-refractivity contribution in [3.05, 3.63) is 0 Å². The van der Waals surface area contributed by atoms with E-state index in [-0.39, 0.29) is 5.92 Å². The molecule has 0 heterocycles. The molecule has 0 saturated heterocycles. The molecule has 1 unspecified atom stereocenters. The third-order valence-electron chi connectivity index (χ3n) is 3.53. The van der Waals surface area contributed by atoms with Gasteiger partial charge in [-0.3, -0.25) is 4.79 Å². The third-order valence-corrected chi connectivity index (χ3v) is 5.38. The zero-order valence-corrected chi connectivity index (χ0v) is 15.8. The van der Waals surface area contributed by atoms with Gasteiger partial charge in [-0.05, 0) is 12.8 Å². The molecular weight excluding hydrogens is 267 g/mol. The molecule has 0 aromatic heterocycles. The van der Waals surface area contributed by atoms with Gasteiger partial charge >= 0.3 is 72.0 Å². The van der Waals surface area contributed by atoms with Crippen molar-refractivity contribution < 1.29 is 9.90 Å². The van der Waals surface area contributed by atoms with E-state index in [1.54, 1.807) is 0 Å². The first-order valence-electron chi connectivity index (χ1n) is 8.51. The van der Waals surface area contributed by atoms with Gasteiger partial charge in [0.25, 0.3) is 0 Å². The Morgan fingerprint density at radius 3 is 1.85 bits per heavy atom. The van der Waals surface area contributed by atoms with Crippen LogP contribution in [0, 0.1) is 5.92 Å². The average molecular weight is 306 g/mol. The van der Waals surface area contributed by atoms with Crippen LogP contribution in [0.1, 0.15) is 72.1 Å². The van der Waals surface area contributed by atoms with Crippen molar-refractivity contribution in [2.24, 2.45) is 5.92 Å². The van der Waals surface area contributed by atoms with Gasteiger partial charge in [-0.25, -0.2) is 0 Å². The summed E-state index contributed by atoms with van der Waals surface area (Å²) in [7, 11) is -0.707. The minimum absolute atomic E-state index is 0.111.